The summed E-state index contributed by atoms with van der Waals surface area (Å²) in [6.45, 7) is 29.6. The van der Waals surface area contributed by atoms with Crippen molar-refractivity contribution in [2.75, 3.05) is 55.9 Å². The summed E-state index contributed by atoms with van der Waals surface area (Å²) in [5.41, 5.74) is 0.795. The van der Waals surface area contributed by atoms with Crippen LogP contribution in [0.5, 0.6) is 0 Å². The zero-order valence-electron chi connectivity index (χ0n) is 61.0. The molecule has 22 heteroatoms. The molecule has 2 aromatic rings. The Kier molecular flexibility index (Phi) is 67.1. The summed E-state index contributed by atoms with van der Waals surface area (Å²) in [5.74, 6) is 1.12. The van der Waals surface area contributed by atoms with Gasteiger partial charge >= 0.3 is 13.5 Å². The van der Waals surface area contributed by atoms with Crippen molar-refractivity contribution in [3.63, 3.8) is 0 Å². The second-order valence-corrected chi connectivity index (χ2v) is 35.3. The van der Waals surface area contributed by atoms with Crippen molar-refractivity contribution in [3.05, 3.63) is 57.7 Å². The number of carbonyl (C=O) groups excluding carboxylic acids is 7. The third-order valence-corrected chi connectivity index (χ3v) is 27.5. The lowest BCUT2D eigenvalue weighted by atomic mass is 9.96. The van der Waals surface area contributed by atoms with Gasteiger partial charge in [-0.05, 0) is 77.0 Å². The molecular formula is C73H132BBr2F4N3O10P2. The van der Waals surface area contributed by atoms with Crippen molar-refractivity contribution in [2.45, 2.75) is 290 Å². The van der Waals surface area contributed by atoms with Crippen LogP contribution in [0.15, 0.2) is 30.6 Å². The number of unbranched alkanes of at least 4 members (excludes halogenated alkanes) is 9. The van der Waals surface area contributed by atoms with E-state index < -0.39 is 27.0 Å². The number of hydrogen-bond acceptors (Lipinski definition) is 10. The topological polar surface area (TPSA) is 181 Å². The second-order valence-electron chi connectivity index (χ2n) is 26.4. The molecular weight excluding hydrogens is 1390 g/mol. The lowest BCUT2D eigenvalue weighted by Crippen LogP contribution is -3.00. The summed E-state index contributed by atoms with van der Waals surface area (Å²) in [7, 11) is -3.47. The highest BCUT2D eigenvalue weighted by molar-refractivity contribution is 7.76. The highest BCUT2D eigenvalue weighted by Gasteiger charge is 2.36. The number of halogens is 6. The number of hydrogen-bond donors (Lipinski definition) is 0. The van der Waals surface area contributed by atoms with Gasteiger partial charge in [0.1, 0.15) is 41.3 Å². The molecule has 0 bridgehead atoms. The number of ketones is 6. The molecule has 1 aromatic carbocycles. The molecule has 0 saturated heterocycles. The number of ether oxygens (including phenoxy) is 1. The first-order chi connectivity index (χ1) is 43.0. The lowest BCUT2D eigenvalue weighted by molar-refractivity contribution is -0.677. The highest BCUT2D eigenvalue weighted by Crippen LogP contribution is 2.62. The molecule has 554 valence electrons. The van der Waals surface area contributed by atoms with E-state index in [9.17, 15) is 56.6 Å². The number of nitrogens with zero attached hydrogens (tertiary/aromatic N) is 3. The molecule has 0 radical (unpaired) electrons. The Bertz CT molecular complexity index is 2340. The van der Waals surface area contributed by atoms with Crippen LogP contribution in [0.2, 0.25) is 0 Å². The third kappa shape index (κ3) is 50.0. The van der Waals surface area contributed by atoms with E-state index in [1.54, 1.807) is 32.9 Å². The molecule has 13 nitrogen and oxygen atoms in total. The largest absolute Gasteiger partial charge is 1.00 e. The first-order valence-corrected chi connectivity index (χ1v) is 40.3. The molecule has 0 amide bonds. The minimum atomic E-state index is -3.67. The molecule has 0 N–H and O–H groups in total. The van der Waals surface area contributed by atoms with Gasteiger partial charge in [-0.3, -0.25) is 56.6 Å². The molecule has 0 aliphatic heterocycles. The van der Waals surface area contributed by atoms with Crippen molar-refractivity contribution in [1.82, 2.24) is 4.57 Å². The van der Waals surface area contributed by atoms with Gasteiger partial charge in [-0.2, -0.15) is 0 Å². The zero-order chi connectivity index (χ0) is 69.4. The van der Waals surface area contributed by atoms with Crippen LogP contribution >= 0.6 is 14.5 Å². The molecule has 0 saturated carbocycles. The van der Waals surface area contributed by atoms with E-state index in [2.05, 4.69) is 63.8 Å². The molecule has 95 heavy (non-hydrogen) atoms. The van der Waals surface area contributed by atoms with Gasteiger partial charge in [0.05, 0.1) is 80.3 Å². The van der Waals surface area contributed by atoms with Crippen molar-refractivity contribution in [1.29, 1.82) is 0 Å². The Morgan fingerprint density at radius 3 is 1.23 bits per heavy atom. The fourth-order valence-corrected chi connectivity index (χ4v) is 21.3. The van der Waals surface area contributed by atoms with Gasteiger partial charge in [0, 0.05) is 114 Å². The summed E-state index contributed by atoms with van der Waals surface area (Å²) in [6.07, 6.45) is 40.5. The molecule has 2 rings (SSSR count). The SMILES string of the molecule is C.CCCC[P+](CCCC)(CCCC)CCCCC(=O)CCC(=O)CCC(=O)C(C)C.CCCC[P+](CCCC)(CCCC)CCCCC(=O)c1ccc(C(C)COC(=O)C(C)C)c([N+](=O)[O-])c1.Cc1n(CCCCC(=O)CCC(=O)C(C)C)cc[n+]1C.FB(F)F.[Br-].[Br-].[F-]. The maximum absolute atomic E-state index is 12.9. The van der Waals surface area contributed by atoms with E-state index in [0.29, 0.717) is 68.9 Å². The predicted octanol–water partition coefficient (Wildman–Crippen LogP) is 11.1. The molecule has 1 aromatic heterocycles. The fraction of sp³-hybridized carbons (Fsp3) is 0.781. The number of aromatic nitrogens is 2. The lowest BCUT2D eigenvalue weighted by Gasteiger charge is -2.28. The van der Waals surface area contributed by atoms with Crippen LogP contribution < -0.4 is 43.2 Å². The summed E-state index contributed by atoms with van der Waals surface area (Å²) in [4.78, 5) is 95.0. The summed E-state index contributed by atoms with van der Waals surface area (Å²) in [6, 6.07) is 4.74. The Balaban J connectivity index is -0.000000308. The number of nitro benzene ring substituents is 1. The molecule has 1 heterocycles. The Labute approximate surface area is 597 Å². The van der Waals surface area contributed by atoms with Gasteiger partial charge < -0.3 is 43.4 Å². The van der Waals surface area contributed by atoms with Crippen LogP contribution in [-0.2, 0) is 47.1 Å². The standard InChI is InChI=1S/C30H51NO5P.C26H50O3P.C16H27N2O2.CH4.BF3.2BrH.FH/c1-7-10-18-37(19-11-8-2,20-12-9-3)21-14-13-15-29(32)26-16-17-27(28(22-26)31(34)35)25(6)23-36-30(33)24(4)5;1-6-9-19-30(20-10-7-2,21-11-8-3)22-13-12-14-24(27)15-16-25(28)17-18-26(29)23(4)5;1-13(2)16(20)9-8-15(19)7-5-6-10-18-12-11-17(4)14(18)3;;2-1(3)4;;;/h16-17,22,24-25H,7-15,18-21,23H2,1-6H3;23H,6-22H2,1-5H3;11-13H,5-10H2,1-4H3;1H4;;3*1H/q3*+1;;;;;/p-3. The number of rotatable bonds is 50. The maximum Gasteiger partial charge on any atom is 0.762 e. The van der Waals surface area contributed by atoms with Crippen molar-refractivity contribution in [3.8, 4) is 0 Å². The van der Waals surface area contributed by atoms with Gasteiger partial charge in [-0.25, -0.2) is 9.13 Å². The smallest absolute Gasteiger partial charge is 0.762 e. The van der Waals surface area contributed by atoms with Crippen LogP contribution in [-0.4, -0.2) is 114 Å². The highest BCUT2D eigenvalue weighted by atomic mass is 79.9. The summed E-state index contributed by atoms with van der Waals surface area (Å²) in [5, 5.41) is 11.8. The first kappa shape index (κ1) is 103. The number of benzene rings is 1. The Hall–Kier alpha value is -3.08. The minimum Gasteiger partial charge on any atom is -1.00 e. The van der Waals surface area contributed by atoms with Crippen LogP contribution in [0.25, 0.3) is 0 Å². The number of esters is 1. The van der Waals surface area contributed by atoms with Gasteiger partial charge in [0.2, 0.25) is 0 Å². The number of nitro groups is 1. The molecule has 0 fully saturated rings. The minimum absolute atomic E-state index is 0. The van der Waals surface area contributed by atoms with E-state index in [0.717, 1.165) is 38.6 Å². The van der Waals surface area contributed by atoms with Crippen LogP contribution in [0.3, 0.4) is 0 Å². The van der Waals surface area contributed by atoms with Crippen LogP contribution in [0.1, 0.15) is 298 Å². The van der Waals surface area contributed by atoms with E-state index in [1.807, 2.05) is 40.9 Å². The van der Waals surface area contributed by atoms with E-state index in [1.165, 1.54) is 145 Å². The molecule has 0 spiro atoms. The van der Waals surface area contributed by atoms with Crippen LogP contribution in [0.4, 0.5) is 18.6 Å². The predicted molar refractivity (Wildman–Crippen MR) is 384 cm³/mol. The molecule has 0 aliphatic carbocycles. The number of imidazole rings is 1. The van der Waals surface area contributed by atoms with Crippen molar-refractivity contribution < 1.29 is 99.4 Å². The Morgan fingerprint density at radius 1 is 0.547 bits per heavy atom. The van der Waals surface area contributed by atoms with E-state index >= 15 is 0 Å². The maximum atomic E-state index is 12.9. The molecule has 0 aliphatic rings. The van der Waals surface area contributed by atoms with Crippen molar-refractivity contribution >= 4 is 68.4 Å². The molecule has 1 unspecified atom stereocenters. The number of aryl methyl sites for hydroxylation is 2. The summed E-state index contributed by atoms with van der Waals surface area (Å²) < 4.78 is 38.6. The summed E-state index contributed by atoms with van der Waals surface area (Å²) >= 11 is 0. The van der Waals surface area contributed by atoms with Gasteiger partial charge in [0.15, 0.2) is 5.78 Å². The van der Waals surface area contributed by atoms with E-state index in [-0.39, 0.29) is 123 Å². The van der Waals surface area contributed by atoms with E-state index in [4.69, 9.17) is 4.74 Å². The van der Waals surface area contributed by atoms with Gasteiger partial charge in [-0.1, -0.05) is 148 Å². The van der Waals surface area contributed by atoms with Gasteiger partial charge in [-0.15, -0.1) is 0 Å². The zero-order valence-corrected chi connectivity index (χ0v) is 66.0. The average molecular weight is 1520 g/mol. The van der Waals surface area contributed by atoms with Crippen LogP contribution in [0, 0.1) is 34.8 Å². The number of carbonyl (C=O) groups is 7. The molecule has 1 atom stereocenters. The van der Waals surface area contributed by atoms with Crippen molar-refractivity contribution in [2.24, 2.45) is 24.8 Å². The Morgan fingerprint density at radius 2 is 0.895 bits per heavy atom. The fourth-order valence-electron chi connectivity index (χ4n) is 10.9. The quantitative estimate of drug-likeness (QED) is 0.00712. The first-order valence-electron chi connectivity index (χ1n) is 35.3. The monoisotopic (exact) mass is 1520 g/mol. The normalized spacial score (nSPS) is 11.2. The third-order valence-electron chi connectivity index (χ3n) is 17.3. The number of Topliss-reactive ketones (excluding diaryl/α,β-unsaturated/α-hetero) is 6. The van der Waals surface area contributed by atoms with Gasteiger partial charge in [0.25, 0.3) is 11.5 Å². The second kappa shape index (κ2) is 62.0. The average Bonchev–Trinajstić information content (AvgIpc) is 1.56.